The van der Waals surface area contributed by atoms with Crippen molar-refractivity contribution in [1.82, 2.24) is 10.6 Å². The quantitative estimate of drug-likeness (QED) is 0.689. The summed E-state index contributed by atoms with van der Waals surface area (Å²) < 4.78 is 5.23. The summed E-state index contributed by atoms with van der Waals surface area (Å²) in [5, 5.41) is 14.1. The number of rotatable bonds is 6. The molecule has 7 heteroatoms. The Morgan fingerprint density at radius 1 is 1.26 bits per heavy atom. The zero-order valence-corrected chi connectivity index (χ0v) is 14.3. The van der Waals surface area contributed by atoms with Gasteiger partial charge in [-0.2, -0.15) is 0 Å². The number of carbonyl (C=O) groups is 2. The number of hydrogen-bond acceptors (Lipinski definition) is 4. The molecule has 0 saturated carbocycles. The number of carbonyl (C=O) groups excluding carboxylic acids is 1. The third-order valence-electron chi connectivity index (χ3n) is 2.70. The van der Waals surface area contributed by atoms with Gasteiger partial charge in [0, 0.05) is 0 Å². The van der Waals surface area contributed by atoms with E-state index in [0.717, 1.165) is 5.56 Å². The monoisotopic (exact) mass is 338 g/mol. The largest absolute Gasteiger partial charge is 0.480 e. The number of ether oxygens (including phenoxy) is 1. The van der Waals surface area contributed by atoms with E-state index in [4.69, 9.17) is 22.1 Å². The van der Waals surface area contributed by atoms with Gasteiger partial charge in [-0.1, -0.05) is 42.5 Å². The molecule has 0 aliphatic carbocycles. The van der Waals surface area contributed by atoms with Gasteiger partial charge in [0.25, 0.3) is 0 Å². The Morgan fingerprint density at radius 2 is 1.87 bits per heavy atom. The molecule has 0 aliphatic rings. The van der Waals surface area contributed by atoms with Crippen molar-refractivity contribution in [3.05, 3.63) is 35.9 Å². The van der Waals surface area contributed by atoms with E-state index >= 15 is 0 Å². The normalized spacial score (nSPS) is 12.1. The van der Waals surface area contributed by atoms with E-state index < -0.39 is 23.7 Å². The lowest BCUT2D eigenvalue weighted by molar-refractivity contribution is -0.135. The number of amides is 1. The predicted octanol–water partition coefficient (Wildman–Crippen LogP) is 2.12. The van der Waals surface area contributed by atoms with E-state index in [1.54, 1.807) is 20.8 Å². The van der Waals surface area contributed by atoms with Crippen LogP contribution in [-0.4, -0.2) is 40.3 Å². The molecule has 1 rings (SSSR count). The number of benzene rings is 1. The van der Waals surface area contributed by atoms with Crippen LogP contribution in [0.2, 0.25) is 0 Å². The van der Waals surface area contributed by atoms with E-state index in [2.05, 4.69) is 10.6 Å². The standard InChI is InChI=1S/C16H22N2O4S/c1-16(2,3)22-15(21)18-12(14(23)17-10-13(19)20)9-11-7-5-4-6-8-11/h4-8,12H,9-10H2,1-3H3,(H,17,23)(H,18,21)(H,19,20)/t12-/m0/s1. The Morgan fingerprint density at radius 3 is 2.39 bits per heavy atom. The SMILES string of the molecule is CC(C)(C)OC(=O)N[C@@H](Cc1ccccc1)C(=S)NCC(=O)O. The van der Waals surface area contributed by atoms with Crippen molar-refractivity contribution in [3.8, 4) is 0 Å². The average Bonchev–Trinajstić information content (AvgIpc) is 2.43. The van der Waals surface area contributed by atoms with Gasteiger partial charge < -0.3 is 20.5 Å². The molecule has 23 heavy (non-hydrogen) atoms. The van der Waals surface area contributed by atoms with Gasteiger partial charge in [-0.25, -0.2) is 4.79 Å². The average molecular weight is 338 g/mol. The number of thiocarbonyl (C=S) groups is 1. The fourth-order valence-electron chi connectivity index (χ4n) is 1.79. The molecule has 0 bridgehead atoms. The molecule has 0 spiro atoms. The van der Waals surface area contributed by atoms with Gasteiger partial charge in [0.05, 0.1) is 11.0 Å². The first kappa shape index (κ1) is 18.9. The summed E-state index contributed by atoms with van der Waals surface area (Å²) in [6.07, 6.45) is -0.163. The van der Waals surface area contributed by atoms with E-state index in [1.807, 2.05) is 30.3 Å². The molecule has 1 atom stereocenters. The maximum atomic E-state index is 12.0. The molecule has 1 aromatic rings. The fraction of sp³-hybridized carbons (Fsp3) is 0.438. The summed E-state index contributed by atoms with van der Waals surface area (Å²) in [6.45, 7) is 4.99. The predicted molar refractivity (Wildman–Crippen MR) is 91.5 cm³/mol. The smallest absolute Gasteiger partial charge is 0.408 e. The highest BCUT2D eigenvalue weighted by atomic mass is 32.1. The lowest BCUT2D eigenvalue weighted by Crippen LogP contribution is -2.49. The van der Waals surface area contributed by atoms with Crippen molar-refractivity contribution in [3.63, 3.8) is 0 Å². The van der Waals surface area contributed by atoms with Crippen LogP contribution in [0.4, 0.5) is 4.79 Å². The summed E-state index contributed by atoms with van der Waals surface area (Å²) >= 11 is 5.21. The van der Waals surface area contributed by atoms with Crippen LogP contribution in [0.25, 0.3) is 0 Å². The number of nitrogens with one attached hydrogen (secondary N) is 2. The van der Waals surface area contributed by atoms with E-state index in [1.165, 1.54) is 0 Å². The van der Waals surface area contributed by atoms with E-state index in [-0.39, 0.29) is 11.5 Å². The molecule has 6 nitrogen and oxygen atoms in total. The Bertz CT molecular complexity index is 555. The van der Waals surface area contributed by atoms with Crippen LogP contribution >= 0.6 is 12.2 Å². The molecule has 0 heterocycles. The highest BCUT2D eigenvalue weighted by Crippen LogP contribution is 2.09. The van der Waals surface area contributed by atoms with Crippen molar-refractivity contribution < 1.29 is 19.4 Å². The third kappa shape index (κ3) is 8.15. The Balaban J connectivity index is 2.77. The maximum absolute atomic E-state index is 12.0. The number of hydrogen-bond donors (Lipinski definition) is 3. The van der Waals surface area contributed by atoms with Gasteiger partial charge >= 0.3 is 12.1 Å². The highest BCUT2D eigenvalue weighted by molar-refractivity contribution is 7.80. The molecule has 0 unspecified atom stereocenters. The van der Waals surface area contributed by atoms with Crippen LogP contribution < -0.4 is 10.6 Å². The first-order chi connectivity index (χ1) is 10.7. The van der Waals surface area contributed by atoms with Gasteiger partial charge in [0.2, 0.25) is 0 Å². The van der Waals surface area contributed by atoms with Gasteiger partial charge in [-0.15, -0.1) is 0 Å². The number of carboxylic acid groups (broad SMARTS) is 1. The minimum absolute atomic E-state index is 0.252. The number of carboxylic acids is 1. The Hall–Kier alpha value is -2.15. The summed E-state index contributed by atoms with van der Waals surface area (Å²) in [5.74, 6) is -1.02. The van der Waals surface area contributed by atoms with Gasteiger partial charge in [0.15, 0.2) is 0 Å². The lowest BCUT2D eigenvalue weighted by atomic mass is 10.1. The molecule has 0 aliphatic heterocycles. The van der Waals surface area contributed by atoms with Crippen LogP contribution in [0.5, 0.6) is 0 Å². The Labute approximate surface area is 141 Å². The second-order valence-electron chi connectivity index (χ2n) is 6.00. The molecular weight excluding hydrogens is 316 g/mol. The van der Waals surface area contributed by atoms with Crippen molar-refractivity contribution in [1.29, 1.82) is 0 Å². The third-order valence-corrected chi connectivity index (χ3v) is 3.13. The van der Waals surface area contributed by atoms with Crippen molar-refractivity contribution in [2.24, 2.45) is 0 Å². The van der Waals surface area contributed by atoms with E-state index in [9.17, 15) is 9.59 Å². The molecule has 1 aromatic carbocycles. The Kier molecular flexibility index (Phi) is 6.96. The minimum atomic E-state index is -1.02. The zero-order valence-electron chi connectivity index (χ0n) is 13.5. The fourth-order valence-corrected chi connectivity index (χ4v) is 2.01. The second-order valence-corrected chi connectivity index (χ2v) is 6.44. The van der Waals surface area contributed by atoms with Gasteiger partial charge in [-0.3, -0.25) is 4.79 Å². The van der Waals surface area contributed by atoms with Crippen molar-refractivity contribution in [2.45, 2.75) is 38.8 Å². The molecule has 1 amide bonds. The second kappa shape index (κ2) is 8.47. The van der Waals surface area contributed by atoms with Gasteiger partial charge in [0.1, 0.15) is 12.1 Å². The van der Waals surface area contributed by atoms with Crippen LogP contribution in [-0.2, 0) is 16.0 Å². The van der Waals surface area contributed by atoms with Crippen LogP contribution in [0.15, 0.2) is 30.3 Å². The summed E-state index contributed by atoms with van der Waals surface area (Å²) in [5.41, 5.74) is 0.338. The molecule has 0 saturated heterocycles. The van der Waals surface area contributed by atoms with Crippen molar-refractivity contribution in [2.75, 3.05) is 6.54 Å². The molecular formula is C16H22N2O4S. The zero-order chi connectivity index (χ0) is 17.5. The molecule has 0 radical (unpaired) electrons. The van der Waals surface area contributed by atoms with Crippen LogP contribution in [0.3, 0.4) is 0 Å². The maximum Gasteiger partial charge on any atom is 0.408 e. The molecule has 0 aromatic heterocycles. The number of aliphatic carboxylic acids is 1. The molecule has 3 N–H and O–H groups in total. The number of alkyl carbamates (subject to hydrolysis) is 1. The topological polar surface area (TPSA) is 87.7 Å². The van der Waals surface area contributed by atoms with E-state index in [0.29, 0.717) is 6.42 Å². The molecule has 0 fully saturated rings. The summed E-state index contributed by atoms with van der Waals surface area (Å²) in [4.78, 5) is 22.9. The minimum Gasteiger partial charge on any atom is -0.480 e. The van der Waals surface area contributed by atoms with Gasteiger partial charge in [-0.05, 0) is 32.8 Å². The lowest BCUT2D eigenvalue weighted by Gasteiger charge is -2.24. The molecule has 126 valence electrons. The van der Waals surface area contributed by atoms with Crippen LogP contribution in [0, 0.1) is 0 Å². The first-order valence-corrected chi connectivity index (χ1v) is 7.61. The van der Waals surface area contributed by atoms with Crippen molar-refractivity contribution >= 4 is 29.3 Å². The summed E-state index contributed by atoms with van der Waals surface area (Å²) in [7, 11) is 0. The summed E-state index contributed by atoms with van der Waals surface area (Å²) in [6, 6.07) is 8.91. The first-order valence-electron chi connectivity index (χ1n) is 7.20. The van der Waals surface area contributed by atoms with Crippen LogP contribution in [0.1, 0.15) is 26.3 Å². The highest BCUT2D eigenvalue weighted by Gasteiger charge is 2.22.